The first-order valence-corrected chi connectivity index (χ1v) is 7.69. The molecule has 0 aromatic carbocycles. The van der Waals surface area contributed by atoms with Gasteiger partial charge in [0, 0.05) is 12.1 Å². The molecule has 3 aromatic rings. The molecule has 1 amide bonds. The van der Waals surface area contributed by atoms with E-state index in [2.05, 4.69) is 10.2 Å². The number of H-pyrrole nitrogens is 1. The monoisotopic (exact) mass is 311 g/mol. The Morgan fingerprint density at radius 1 is 1.30 bits per heavy atom. The number of carbonyl (C=O) groups is 1. The Morgan fingerprint density at radius 3 is 2.74 bits per heavy atom. The van der Waals surface area contributed by atoms with Gasteiger partial charge in [-0.2, -0.15) is 5.10 Å². The number of furan rings is 2. The van der Waals surface area contributed by atoms with E-state index in [0.29, 0.717) is 17.1 Å². The van der Waals surface area contributed by atoms with Gasteiger partial charge in [0.2, 0.25) is 0 Å². The van der Waals surface area contributed by atoms with Gasteiger partial charge in [-0.1, -0.05) is 0 Å². The highest BCUT2D eigenvalue weighted by atomic mass is 16.3. The Bertz CT molecular complexity index is 785. The van der Waals surface area contributed by atoms with Gasteiger partial charge in [-0.05, 0) is 44.0 Å². The van der Waals surface area contributed by atoms with E-state index in [1.165, 1.54) is 0 Å². The molecule has 3 heterocycles. The third kappa shape index (κ3) is 2.56. The van der Waals surface area contributed by atoms with Crippen LogP contribution in [0.25, 0.3) is 11.5 Å². The molecule has 3 aromatic heterocycles. The maximum absolute atomic E-state index is 12.9. The van der Waals surface area contributed by atoms with Crippen LogP contribution in [0.2, 0.25) is 0 Å². The van der Waals surface area contributed by atoms with Gasteiger partial charge >= 0.3 is 0 Å². The summed E-state index contributed by atoms with van der Waals surface area (Å²) in [5.41, 5.74) is 1.08. The minimum absolute atomic E-state index is 0.0922. The third-order valence-electron chi connectivity index (χ3n) is 4.13. The molecule has 1 fully saturated rings. The molecule has 1 aliphatic rings. The minimum Gasteiger partial charge on any atom is -0.467 e. The quantitative estimate of drug-likeness (QED) is 0.780. The van der Waals surface area contributed by atoms with Crippen molar-refractivity contribution in [2.45, 2.75) is 31.8 Å². The molecule has 0 spiro atoms. The summed E-state index contributed by atoms with van der Waals surface area (Å²) >= 11 is 0. The topological polar surface area (TPSA) is 75.3 Å². The number of aromatic nitrogens is 2. The summed E-state index contributed by atoms with van der Waals surface area (Å²) in [7, 11) is 0. The summed E-state index contributed by atoms with van der Waals surface area (Å²) < 4.78 is 10.8. The first-order chi connectivity index (χ1) is 11.2. The zero-order valence-corrected chi connectivity index (χ0v) is 12.7. The normalized spacial score (nSPS) is 15.5. The lowest BCUT2D eigenvalue weighted by Gasteiger charge is -2.27. The average Bonchev–Trinajstić information content (AvgIpc) is 3.08. The van der Waals surface area contributed by atoms with Gasteiger partial charge in [0.15, 0.2) is 11.5 Å². The second kappa shape index (κ2) is 5.46. The van der Waals surface area contributed by atoms with Gasteiger partial charge in [0.25, 0.3) is 5.91 Å². The van der Waals surface area contributed by atoms with Crippen LogP contribution in [0, 0.1) is 0 Å². The fourth-order valence-electron chi connectivity index (χ4n) is 2.80. The van der Waals surface area contributed by atoms with Gasteiger partial charge in [0.1, 0.15) is 11.5 Å². The number of rotatable bonds is 5. The number of nitrogens with zero attached hydrogens (tertiary/aromatic N) is 2. The Hall–Kier alpha value is -2.76. The molecule has 6 heteroatoms. The average molecular weight is 311 g/mol. The van der Waals surface area contributed by atoms with Gasteiger partial charge < -0.3 is 13.7 Å². The molecule has 1 saturated carbocycles. The van der Waals surface area contributed by atoms with Gasteiger partial charge in [-0.3, -0.25) is 9.89 Å². The van der Waals surface area contributed by atoms with Crippen LogP contribution in [0.15, 0.2) is 51.7 Å². The SMILES string of the molecule is C[C@@H](c1ccco1)N(C(=O)c1cc(-c2ccco2)[nH]n1)C1CC1. The molecular weight excluding hydrogens is 294 g/mol. The second-order valence-corrected chi connectivity index (χ2v) is 5.78. The number of amides is 1. The van der Waals surface area contributed by atoms with Gasteiger partial charge in [-0.15, -0.1) is 0 Å². The molecular formula is C17H17N3O3. The molecule has 0 radical (unpaired) electrons. The third-order valence-corrected chi connectivity index (χ3v) is 4.13. The molecule has 1 atom stereocenters. The Morgan fingerprint density at radius 2 is 2.09 bits per heavy atom. The fourth-order valence-corrected chi connectivity index (χ4v) is 2.80. The molecule has 1 N–H and O–H groups in total. The van der Waals surface area contributed by atoms with Crippen molar-refractivity contribution in [3.8, 4) is 11.5 Å². The summed E-state index contributed by atoms with van der Waals surface area (Å²) in [5, 5.41) is 7.02. The van der Waals surface area contributed by atoms with Crippen LogP contribution in [-0.4, -0.2) is 27.0 Å². The lowest BCUT2D eigenvalue weighted by molar-refractivity contribution is 0.0646. The van der Waals surface area contributed by atoms with Crippen molar-refractivity contribution in [2.75, 3.05) is 0 Å². The van der Waals surface area contributed by atoms with Crippen LogP contribution in [0.1, 0.15) is 42.1 Å². The van der Waals surface area contributed by atoms with E-state index in [0.717, 1.165) is 18.6 Å². The maximum atomic E-state index is 12.9. The van der Waals surface area contributed by atoms with Gasteiger partial charge in [0.05, 0.1) is 18.6 Å². The van der Waals surface area contributed by atoms with E-state index >= 15 is 0 Å². The van der Waals surface area contributed by atoms with E-state index in [4.69, 9.17) is 8.83 Å². The fraction of sp³-hybridized carbons (Fsp3) is 0.294. The lowest BCUT2D eigenvalue weighted by atomic mass is 10.2. The van der Waals surface area contributed by atoms with Crippen LogP contribution in [0.4, 0.5) is 0 Å². The van der Waals surface area contributed by atoms with Crippen molar-refractivity contribution in [1.29, 1.82) is 0 Å². The lowest BCUT2D eigenvalue weighted by Crippen LogP contribution is -2.35. The predicted octanol–water partition coefficient (Wildman–Crippen LogP) is 3.63. The largest absolute Gasteiger partial charge is 0.467 e. The molecule has 0 bridgehead atoms. The Labute approximate surface area is 133 Å². The molecule has 0 unspecified atom stereocenters. The number of hydrogen-bond donors (Lipinski definition) is 1. The van der Waals surface area contributed by atoms with Crippen LogP contribution >= 0.6 is 0 Å². The predicted molar refractivity (Wildman–Crippen MR) is 82.6 cm³/mol. The number of hydrogen-bond acceptors (Lipinski definition) is 4. The van der Waals surface area contributed by atoms with Crippen LogP contribution in [0.3, 0.4) is 0 Å². The maximum Gasteiger partial charge on any atom is 0.275 e. The van der Waals surface area contributed by atoms with E-state index < -0.39 is 0 Å². The summed E-state index contributed by atoms with van der Waals surface area (Å²) in [5.74, 6) is 1.35. The highest BCUT2D eigenvalue weighted by molar-refractivity contribution is 5.94. The number of aromatic amines is 1. The summed E-state index contributed by atoms with van der Waals surface area (Å²) in [4.78, 5) is 14.8. The smallest absolute Gasteiger partial charge is 0.275 e. The molecule has 23 heavy (non-hydrogen) atoms. The van der Waals surface area contributed by atoms with E-state index in [-0.39, 0.29) is 18.0 Å². The molecule has 0 saturated heterocycles. The van der Waals surface area contributed by atoms with Crippen molar-refractivity contribution >= 4 is 5.91 Å². The van der Waals surface area contributed by atoms with Crippen LogP contribution < -0.4 is 0 Å². The summed E-state index contributed by atoms with van der Waals surface area (Å²) in [6, 6.07) is 9.22. The molecule has 118 valence electrons. The van der Waals surface area contributed by atoms with Crippen molar-refractivity contribution in [1.82, 2.24) is 15.1 Å². The molecule has 0 aliphatic heterocycles. The number of carbonyl (C=O) groups excluding carboxylic acids is 1. The highest BCUT2D eigenvalue weighted by Gasteiger charge is 2.38. The second-order valence-electron chi connectivity index (χ2n) is 5.78. The van der Waals surface area contributed by atoms with Crippen LogP contribution in [0.5, 0.6) is 0 Å². The number of nitrogens with one attached hydrogen (secondary N) is 1. The van der Waals surface area contributed by atoms with Crippen molar-refractivity contribution in [3.63, 3.8) is 0 Å². The molecule has 4 rings (SSSR count). The molecule has 6 nitrogen and oxygen atoms in total. The van der Waals surface area contributed by atoms with Crippen LogP contribution in [-0.2, 0) is 0 Å². The van der Waals surface area contributed by atoms with E-state index in [9.17, 15) is 4.79 Å². The standard InChI is InChI=1S/C17H17N3O3/c1-11(15-4-2-8-22-15)20(12-6-7-12)17(21)14-10-13(18-19-14)16-5-3-9-23-16/h2-5,8-12H,6-7H2,1H3,(H,18,19)/t11-/m0/s1. The van der Waals surface area contributed by atoms with E-state index in [1.807, 2.05) is 30.0 Å². The summed E-state index contributed by atoms with van der Waals surface area (Å²) in [6.45, 7) is 1.98. The van der Waals surface area contributed by atoms with Gasteiger partial charge in [-0.25, -0.2) is 0 Å². The minimum atomic E-state index is -0.117. The first kappa shape index (κ1) is 13.9. The Balaban J connectivity index is 1.61. The zero-order chi connectivity index (χ0) is 15.8. The zero-order valence-electron chi connectivity index (χ0n) is 12.7. The Kier molecular flexibility index (Phi) is 3.29. The summed E-state index contributed by atoms with van der Waals surface area (Å²) in [6.07, 6.45) is 5.26. The highest BCUT2D eigenvalue weighted by Crippen LogP contribution is 2.35. The first-order valence-electron chi connectivity index (χ1n) is 7.69. The molecule has 1 aliphatic carbocycles. The van der Waals surface area contributed by atoms with E-state index in [1.54, 1.807) is 24.7 Å². The van der Waals surface area contributed by atoms with Crippen molar-refractivity contribution in [2.24, 2.45) is 0 Å². The van der Waals surface area contributed by atoms with Crippen molar-refractivity contribution in [3.05, 3.63) is 54.3 Å². The van der Waals surface area contributed by atoms with Crippen molar-refractivity contribution < 1.29 is 13.6 Å².